The van der Waals surface area contributed by atoms with Crippen molar-refractivity contribution in [1.82, 2.24) is 0 Å². The molecule has 1 fully saturated rings. The third-order valence-electron chi connectivity index (χ3n) is 3.19. The molecule has 1 aliphatic carbocycles. The highest BCUT2D eigenvalue weighted by Crippen LogP contribution is 2.49. The second-order valence-corrected chi connectivity index (χ2v) is 5.29. The van der Waals surface area contributed by atoms with Gasteiger partial charge in [0, 0.05) is 5.92 Å². The van der Waals surface area contributed by atoms with E-state index in [-0.39, 0.29) is 23.4 Å². The summed E-state index contributed by atoms with van der Waals surface area (Å²) in [6.07, 6.45) is 0.891. The second-order valence-electron chi connectivity index (χ2n) is 4.34. The summed E-state index contributed by atoms with van der Waals surface area (Å²) in [4.78, 5) is 12.9. The first-order valence-electron chi connectivity index (χ1n) is 5.59. The molecule has 0 bridgehead atoms. The van der Waals surface area contributed by atoms with Gasteiger partial charge < -0.3 is 0 Å². The molecule has 2 unspecified atom stereocenters. The molecule has 0 radical (unpaired) electrons. The average Bonchev–Trinajstić information content (AvgIpc) is 2.94. The van der Waals surface area contributed by atoms with E-state index >= 15 is 0 Å². The van der Waals surface area contributed by atoms with Crippen LogP contribution in [-0.4, -0.2) is 5.78 Å². The molecular weight excluding hydrogens is 235 g/mol. The molecule has 0 spiro atoms. The number of hydrogen-bond donors (Lipinski definition) is 0. The van der Waals surface area contributed by atoms with Crippen LogP contribution in [0, 0.1) is 11.7 Å². The first-order chi connectivity index (χ1) is 8.25. The minimum absolute atomic E-state index is 0.0964. The highest BCUT2D eigenvalue weighted by atomic mass is 32.1. The van der Waals surface area contributed by atoms with E-state index in [1.165, 1.54) is 23.5 Å². The lowest BCUT2D eigenvalue weighted by atomic mass is 10.1. The Balaban J connectivity index is 1.74. The molecule has 0 amide bonds. The van der Waals surface area contributed by atoms with Crippen molar-refractivity contribution in [3.05, 3.63) is 58.0 Å². The van der Waals surface area contributed by atoms with Gasteiger partial charge in [0.25, 0.3) is 0 Å². The number of halogens is 1. The van der Waals surface area contributed by atoms with Gasteiger partial charge in [-0.05, 0) is 41.5 Å². The topological polar surface area (TPSA) is 17.1 Å². The van der Waals surface area contributed by atoms with Crippen LogP contribution in [0.5, 0.6) is 0 Å². The second kappa shape index (κ2) is 4.08. The Hall–Kier alpha value is -1.48. The Morgan fingerprint density at radius 3 is 2.65 bits per heavy atom. The predicted molar refractivity (Wildman–Crippen MR) is 65.9 cm³/mol. The van der Waals surface area contributed by atoms with Gasteiger partial charge in [0.1, 0.15) is 5.82 Å². The smallest absolute Gasteiger partial charge is 0.176 e. The summed E-state index contributed by atoms with van der Waals surface area (Å²) in [6.45, 7) is 0. The zero-order valence-electron chi connectivity index (χ0n) is 9.10. The zero-order chi connectivity index (χ0) is 11.8. The van der Waals surface area contributed by atoms with Crippen LogP contribution >= 0.6 is 11.3 Å². The lowest BCUT2D eigenvalue weighted by molar-refractivity contribution is 0.0969. The molecule has 17 heavy (non-hydrogen) atoms. The minimum atomic E-state index is -0.226. The van der Waals surface area contributed by atoms with Gasteiger partial charge in [-0.15, -0.1) is 11.3 Å². The van der Waals surface area contributed by atoms with E-state index in [2.05, 4.69) is 0 Å². The molecular formula is C14H11FOS. The van der Waals surface area contributed by atoms with E-state index in [4.69, 9.17) is 0 Å². The molecule has 0 saturated heterocycles. The summed E-state index contributed by atoms with van der Waals surface area (Å²) >= 11 is 1.49. The number of carbonyl (C=O) groups excluding carboxylic acids is 1. The fourth-order valence-electron chi connectivity index (χ4n) is 2.16. The lowest BCUT2D eigenvalue weighted by Crippen LogP contribution is -2.00. The maximum atomic E-state index is 12.8. The van der Waals surface area contributed by atoms with Crippen molar-refractivity contribution in [2.45, 2.75) is 12.3 Å². The summed E-state index contributed by atoms with van der Waals surface area (Å²) in [6, 6.07) is 10.2. The summed E-state index contributed by atoms with van der Waals surface area (Å²) < 4.78 is 12.8. The van der Waals surface area contributed by atoms with Gasteiger partial charge in [-0.2, -0.15) is 0 Å². The maximum Gasteiger partial charge on any atom is 0.176 e. The third-order valence-corrected chi connectivity index (χ3v) is 4.07. The van der Waals surface area contributed by atoms with Crippen molar-refractivity contribution in [3.63, 3.8) is 0 Å². The van der Waals surface area contributed by atoms with E-state index in [1.54, 1.807) is 12.1 Å². The van der Waals surface area contributed by atoms with Crippen molar-refractivity contribution in [3.8, 4) is 0 Å². The van der Waals surface area contributed by atoms with Crippen molar-refractivity contribution < 1.29 is 9.18 Å². The highest BCUT2D eigenvalue weighted by Gasteiger charge is 2.44. The van der Waals surface area contributed by atoms with Crippen molar-refractivity contribution in [2.24, 2.45) is 5.92 Å². The number of thiophene rings is 1. The van der Waals surface area contributed by atoms with Crippen LogP contribution in [0.2, 0.25) is 0 Å². The summed E-state index contributed by atoms with van der Waals surface area (Å²) in [5, 5.41) is 1.92. The first kappa shape index (κ1) is 10.7. The van der Waals surface area contributed by atoms with E-state index in [0.29, 0.717) is 0 Å². The Kier molecular flexibility index (Phi) is 2.56. The van der Waals surface area contributed by atoms with Crippen LogP contribution in [-0.2, 0) is 0 Å². The number of carbonyl (C=O) groups is 1. The molecule has 2 atom stereocenters. The van der Waals surface area contributed by atoms with E-state index in [0.717, 1.165) is 16.9 Å². The number of hydrogen-bond acceptors (Lipinski definition) is 2. The van der Waals surface area contributed by atoms with Crippen LogP contribution in [0.25, 0.3) is 0 Å². The van der Waals surface area contributed by atoms with E-state index in [9.17, 15) is 9.18 Å². The van der Waals surface area contributed by atoms with Gasteiger partial charge in [-0.25, -0.2) is 4.39 Å². The standard InChI is InChI=1S/C14H11FOS/c15-10-5-3-9(4-6-10)11-8-12(11)14(16)13-2-1-7-17-13/h1-7,11-12H,8H2. The van der Waals surface area contributed by atoms with E-state index in [1.807, 2.05) is 17.5 Å². The van der Waals surface area contributed by atoms with Crippen LogP contribution in [0.1, 0.15) is 27.6 Å². The fourth-order valence-corrected chi connectivity index (χ4v) is 2.89. The van der Waals surface area contributed by atoms with Gasteiger partial charge >= 0.3 is 0 Å². The van der Waals surface area contributed by atoms with Gasteiger partial charge in [0.2, 0.25) is 0 Å². The third kappa shape index (κ3) is 2.03. The molecule has 3 rings (SSSR count). The Labute approximate surface area is 103 Å². The predicted octanol–water partition coefficient (Wildman–Crippen LogP) is 3.87. The molecule has 3 heteroatoms. The molecule has 1 heterocycles. The Morgan fingerprint density at radius 2 is 2.00 bits per heavy atom. The SMILES string of the molecule is O=C(c1cccs1)C1CC1c1ccc(F)cc1. The number of benzene rings is 1. The summed E-state index contributed by atoms with van der Waals surface area (Å²) in [7, 11) is 0. The van der Waals surface area contributed by atoms with Crippen LogP contribution < -0.4 is 0 Å². The first-order valence-corrected chi connectivity index (χ1v) is 6.47. The molecule has 1 saturated carbocycles. The number of Topliss-reactive ketones (excluding diaryl/α,β-unsaturated/α-hetero) is 1. The largest absolute Gasteiger partial charge is 0.293 e. The quantitative estimate of drug-likeness (QED) is 0.751. The van der Waals surface area contributed by atoms with Crippen LogP contribution in [0.4, 0.5) is 4.39 Å². The zero-order valence-corrected chi connectivity index (χ0v) is 9.91. The molecule has 2 aromatic rings. The number of ketones is 1. The average molecular weight is 246 g/mol. The van der Waals surface area contributed by atoms with Gasteiger partial charge in [0.15, 0.2) is 5.78 Å². The summed E-state index contributed by atoms with van der Waals surface area (Å²) in [5.74, 6) is 0.383. The minimum Gasteiger partial charge on any atom is -0.293 e. The Bertz CT molecular complexity index is 530. The Morgan fingerprint density at radius 1 is 1.24 bits per heavy atom. The van der Waals surface area contributed by atoms with Crippen molar-refractivity contribution in [2.75, 3.05) is 0 Å². The number of rotatable bonds is 3. The maximum absolute atomic E-state index is 12.8. The normalized spacial score (nSPS) is 22.4. The molecule has 0 aliphatic heterocycles. The summed E-state index contributed by atoms with van der Waals surface area (Å²) in [5.41, 5.74) is 1.07. The monoisotopic (exact) mass is 246 g/mol. The van der Waals surface area contributed by atoms with Crippen LogP contribution in [0.15, 0.2) is 41.8 Å². The molecule has 0 N–H and O–H groups in total. The lowest BCUT2D eigenvalue weighted by Gasteiger charge is -1.99. The van der Waals surface area contributed by atoms with Crippen LogP contribution in [0.3, 0.4) is 0 Å². The fraction of sp³-hybridized carbons (Fsp3) is 0.214. The molecule has 1 aromatic heterocycles. The molecule has 1 aliphatic rings. The molecule has 1 nitrogen and oxygen atoms in total. The molecule has 86 valence electrons. The highest BCUT2D eigenvalue weighted by molar-refractivity contribution is 7.12. The van der Waals surface area contributed by atoms with Gasteiger partial charge in [-0.3, -0.25) is 4.79 Å². The van der Waals surface area contributed by atoms with Gasteiger partial charge in [0.05, 0.1) is 4.88 Å². The van der Waals surface area contributed by atoms with Gasteiger partial charge in [-0.1, -0.05) is 18.2 Å². The van der Waals surface area contributed by atoms with Crippen molar-refractivity contribution in [1.29, 1.82) is 0 Å². The molecule has 1 aromatic carbocycles. The van der Waals surface area contributed by atoms with Crippen molar-refractivity contribution >= 4 is 17.1 Å². The van der Waals surface area contributed by atoms with E-state index < -0.39 is 0 Å².